The monoisotopic (exact) mass is 529 g/mol. The van der Waals surface area contributed by atoms with E-state index in [9.17, 15) is 18.4 Å². The normalized spacial score (nSPS) is 17.3. The number of hydrogen-bond donors (Lipinski definition) is 3. The third-order valence-electron chi connectivity index (χ3n) is 6.66. The van der Waals surface area contributed by atoms with E-state index in [1.54, 1.807) is 11.8 Å². The molecule has 3 atom stereocenters. The SMILES string of the molecule is CC(C)c1noc(N[C@@H](CC(=O)N2CCCC[C@@H]2C)C(=O)N[C@H](C)c2ncc(-c3ccc(F)cc3F)[nH]2)n1. The number of halogens is 2. The Bertz CT molecular complexity index is 1280. The maximum atomic E-state index is 14.2. The molecule has 4 rings (SSSR count). The van der Waals surface area contributed by atoms with Crippen LogP contribution in [0.4, 0.5) is 14.8 Å². The van der Waals surface area contributed by atoms with Crippen molar-refractivity contribution in [2.24, 2.45) is 0 Å². The van der Waals surface area contributed by atoms with Gasteiger partial charge in [-0.2, -0.15) is 4.98 Å². The summed E-state index contributed by atoms with van der Waals surface area (Å²) in [7, 11) is 0. The Morgan fingerprint density at radius 3 is 2.71 bits per heavy atom. The van der Waals surface area contributed by atoms with E-state index >= 15 is 0 Å². The molecule has 3 aromatic rings. The highest BCUT2D eigenvalue weighted by atomic mass is 19.1. The predicted molar refractivity (Wildman–Crippen MR) is 136 cm³/mol. The Morgan fingerprint density at radius 1 is 1.24 bits per heavy atom. The minimum Gasteiger partial charge on any atom is -0.345 e. The van der Waals surface area contributed by atoms with Gasteiger partial charge in [0.05, 0.1) is 24.4 Å². The van der Waals surface area contributed by atoms with Crippen molar-refractivity contribution in [2.75, 3.05) is 11.9 Å². The van der Waals surface area contributed by atoms with E-state index < -0.39 is 29.6 Å². The Kier molecular flexibility index (Phi) is 8.38. The van der Waals surface area contributed by atoms with Crippen molar-refractivity contribution >= 4 is 17.8 Å². The molecule has 0 aliphatic carbocycles. The van der Waals surface area contributed by atoms with Crippen LogP contribution in [0.5, 0.6) is 0 Å². The number of aromatic nitrogens is 4. The molecule has 0 unspecified atom stereocenters. The second kappa shape index (κ2) is 11.7. The first-order valence-corrected chi connectivity index (χ1v) is 12.8. The van der Waals surface area contributed by atoms with Crippen LogP contribution in [0.2, 0.25) is 0 Å². The fourth-order valence-corrected chi connectivity index (χ4v) is 4.43. The molecule has 0 bridgehead atoms. The van der Waals surface area contributed by atoms with Gasteiger partial charge in [-0.05, 0) is 45.2 Å². The Labute approximate surface area is 219 Å². The van der Waals surface area contributed by atoms with E-state index in [2.05, 4.69) is 30.7 Å². The van der Waals surface area contributed by atoms with Crippen molar-refractivity contribution in [3.05, 3.63) is 47.7 Å². The molecule has 0 radical (unpaired) electrons. The van der Waals surface area contributed by atoms with E-state index in [1.165, 1.54) is 12.3 Å². The quantitative estimate of drug-likeness (QED) is 0.377. The summed E-state index contributed by atoms with van der Waals surface area (Å²) in [5, 5.41) is 9.69. The van der Waals surface area contributed by atoms with E-state index in [0.717, 1.165) is 31.4 Å². The lowest BCUT2D eigenvalue weighted by Crippen LogP contribution is -2.47. The van der Waals surface area contributed by atoms with Gasteiger partial charge in [-0.15, -0.1) is 0 Å². The number of aromatic amines is 1. The summed E-state index contributed by atoms with van der Waals surface area (Å²) >= 11 is 0. The number of likely N-dealkylation sites (tertiary alicyclic amines) is 1. The molecule has 1 aliphatic rings. The summed E-state index contributed by atoms with van der Waals surface area (Å²) in [6.45, 7) is 8.19. The lowest BCUT2D eigenvalue weighted by atomic mass is 10.0. The van der Waals surface area contributed by atoms with Crippen molar-refractivity contribution in [1.29, 1.82) is 0 Å². The average molecular weight is 530 g/mol. The smallest absolute Gasteiger partial charge is 0.322 e. The predicted octanol–water partition coefficient (Wildman–Crippen LogP) is 4.31. The molecule has 1 saturated heterocycles. The number of benzene rings is 1. The number of piperidine rings is 1. The lowest BCUT2D eigenvalue weighted by molar-refractivity contribution is -0.137. The van der Waals surface area contributed by atoms with Crippen LogP contribution < -0.4 is 10.6 Å². The van der Waals surface area contributed by atoms with E-state index in [0.29, 0.717) is 23.9 Å². The molecule has 1 fully saturated rings. The van der Waals surface area contributed by atoms with Gasteiger partial charge in [-0.25, -0.2) is 13.8 Å². The van der Waals surface area contributed by atoms with Gasteiger partial charge in [-0.3, -0.25) is 9.59 Å². The molecule has 10 nitrogen and oxygen atoms in total. The van der Waals surface area contributed by atoms with Gasteiger partial charge in [0.15, 0.2) is 5.82 Å². The zero-order chi connectivity index (χ0) is 27.4. The number of hydrogen-bond acceptors (Lipinski definition) is 7. The van der Waals surface area contributed by atoms with Crippen molar-refractivity contribution in [1.82, 2.24) is 30.3 Å². The van der Waals surface area contributed by atoms with Crippen molar-refractivity contribution in [3.8, 4) is 11.3 Å². The van der Waals surface area contributed by atoms with Crippen LogP contribution in [-0.4, -0.2) is 55.5 Å². The van der Waals surface area contributed by atoms with E-state index in [4.69, 9.17) is 4.52 Å². The molecule has 3 heterocycles. The lowest BCUT2D eigenvalue weighted by Gasteiger charge is -2.34. The third kappa shape index (κ3) is 6.35. The van der Waals surface area contributed by atoms with Crippen LogP contribution in [0.25, 0.3) is 11.3 Å². The summed E-state index contributed by atoms with van der Waals surface area (Å²) in [6.07, 6.45) is 4.22. The van der Waals surface area contributed by atoms with Gasteiger partial charge >= 0.3 is 6.01 Å². The molecule has 204 valence electrons. The topological polar surface area (TPSA) is 129 Å². The number of carbonyl (C=O) groups excluding carboxylic acids is 2. The van der Waals surface area contributed by atoms with Gasteiger partial charge in [-0.1, -0.05) is 19.0 Å². The molecule has 1 aromatic carbocycles. The van der Waals surface area contributed by atoms with Gasteiger partial charge in [0.1, 0.15) is 23.5 Å². The first-order valence-electron chi connectivity index (χ1n) is 12.8. The number of nitrogens with one attached hydrogen (secondary N) is 3. The van der Waals surface area contributed by atoms with Crippen LogP contribution in [-0.2, 0) is 9.59 Å². The highest BCUT2D eigenvalue weighted by Gasteiger charge is 2.31. The minimum absolute atomic E-state index is 0.0246. The molecule has 1 aliphatic heterocycles. The molecule has 12 heteroatoms. The van der Waals surface area contributed by atoms with Crippen LogP contribution in [0.15, 0.2) is 28.9 Å². The number of rotatable bonds is 9. The molecule has 0 spiro atoms. The summed E-state index contributed by atoms with van der Waals surface area (Å²) < 4.78 is 32.7. The summed E-state index contributed by atoms with van der Waals surface area (Å²) in [4.78, 5) is 39.8. The highest BCUT2D eigenvalue weighted by Crippen LogP contribution is 2.24. The first kappa shape index (κ1) is 27.2. The Hall–Kier alpha value is -3.83. The second-order valence-electron chi connectivity index (χ2n) is 9.98. The largest absolute Gasteiger partial charge is 0.345 e. The summed E-state index contributed by atoms with van der Waals surface area (Å²) in [5.74, 6) is -1.15. The maximum Gasteiger partial charge on any atom is 0.322 e. The number of H-pyrrole nitrogens is 1. The Morgan fingerprint density at radius 2 is 2.03 bits per heavy atom. The molecule has 0 saturated carbocycles. The first-order chi connectivity index (χ1) is 18.1. The van der Waals surface area contributed by atoms with E-state index in [-0.39, 0.29) is 35.9 Å². The van der Waals surface area contributed by atoms with E-state index in [1.807, 2.05) is 20.8 Å². The van der Waals surface area contributed by atoms with Gasteiger partial charge in [0.2, 0.25) is 11.8 Å². The van der Waals surface area contributed by atoms with Crippen molar-refractivity contribution in [2.45, 2.75) is 77.4 Å². The Balaban J connectivity index is 1.49. The van der Waals surface area contributed by atoms with Gasteiger partial charge in [0, 0.05) is 30.1 Å². The van der Waals surface area contributed by atoms with Crippen LogP contribution in [0.3, 0.4) is 0 Å². The van der Waals surface area contributed by atoms with Gasteiger partial charge in [0.25, 0.3) is 0 Å². The van der Waals surface area contributed by atoms with Crippen LogP contribution in [0.1, 0.15) is 77.0 Å². The van der Waals surface area contributed by atoms with Crippen LogP contribution in [0, 0.1) is 11.6 Å². The standard InChI is InChI=1S/C26H33F2N7O3/c1-14(2)23-33-26(38-34-23)32-20(12-22(36)35-10-6-5-7-15(35)3)25(37)30-16(4)24-29-13-21(31-24)18-9-8-17(27)11-19(18)28/h8-9,11,13-16,20H,5-7,10,12H2,1-4H3,(H,29,31)(H,30,37)(H,32,33,34)/t15-,16+,20-/m0/s1. The van der Waals surface area contributed by atoms with Crippen molar-refractivity contribution < 1.29 is 22.9 Å². The third-order valence-corrected chi connectivity index (χ3v) is 6.66. The second-order valence-corrected chi connectivity index (χ2v) is 9.98. The number of anilines is 1. The molecular formula is C26H33F2N7O3. The number of nitrogens with zero attached hydrogens (tertiary/aromatic N) is 4. The summed E-state index contributed by atoms with van der Waals surface area (Å²) in [6, 6.07) is 1.82. The highest BCUT2D eigenvalue weighted by molar-refractivity contribution is 5.90. The molecule has 3 N–H and O–H groups in total. The zero-order valence-electron chi connectivity index (χ0n) is 21.9. The minimum atomic E-state index is -0.983. The van der Waals surface area contributed by atoms with Crippen molar-refractivity contribution in [3.63, 3.8) is 0 Å². The molecular weight excluding hydrogens is 496 g/mol. The average Bonchev–Trinajstić information content (AvgIpc) is 3.54. The molecule has 2 aromatic heterocycles. The zero-order valence-corrected chi connectivity index (χ0v) is 21.9. The molecule has 38 heavy (non-hydrogen) atoms. The van der Waals surface area contributed by atoms with Crippen LogP contribution >= 0.6 is 0 Å². The number of carbonyl (C=O) groups is 2. The molecule has 2 amide bonds. The number of imidazole rings is 1. The summed E-state index contributed by atoms with van der Waals surface area (Å²) in [5.41, 5.74) is 0.497. The fraction of sp³-hybridized carbons (Fsp3) is 0.500. The fourth-order valence-electron chi connectivity index (χ4n) is 4.43. The van der Waals surface area contributed by atoms with Gasteiger partial charge < -0.3 is 25.0 Å². The number of amides is 2. The maximum absolute atomic E-state index is 14.2.